The van der Waals surface area contributed by atoms with Crippen LogP contribution in [0.1, 0.15) is 31.4 Å². The largest absolute Gasteiger partial charge is 0.371 e. The molecule has 5 heteroatoms. The van der Waals surface area contributed by atoms with Gasteiger partial charge in [0.05, 0.1) is 6.33 Å². The molecule has 0 spiro atoms. The summed E-state index contributed by atoms with van der Waals surface area (Å²) in [6.07, 6.45) is 7.72. The monoisotopic (exact) mass is 312 g/mol. The van der Waals surface area contributed by atoms with Gasteiger partial charge >= 0.3 is 0 Å². The Morgan fingerprint density at radius 2 is 2.04 bits per heavy atom. The van der Waals surface area contributed by atoms with E-state index in [-0.39, 0.29) is 11.9 Å². The molecular weight excluding hydrogens is 288 g/mol. The molecule has 0 aliphatic carbocycles. The number of aromatic nitrogens is 2. The summed E-state index contributed by atoms with van der Waals surface area (Å²) in [5.41, 5.74) is 2.48. The lowest BCUT2D eigenvalue weighted by atomic mass is 10.1. The van der Waals surface area contributed by atoms with Gasteiger partial charge in [-0.2, -0.15) is 0 Å². The smallest absolute Gasteiger partial charge is 0.245 e. The minimum atomic E-state index is -0.235. The van der Waals surface area contributed by atoms with E-state index in [1.165, 1.54) is 24.1 Å². The quantitative estimate of drug-likeness (QED) is 0.852. The molecule has 1 aliphatic heterocycles. The number of benzene rings is 1. The summed E-state index contributed by atoms with van der Waals surface area (Å²) >= 11 is 0. The van der Waals surface area contributed by atoms with E-state index in [2.05, 4.69) is 28.1 Å². The van der Waals surface area contributed by atoms with Crippen molar-refractivity contribution in [2.24, 2.45) is 0 Å². The van der Waals surface area contributed by atoms with Crippen molar-refractivity contribution >= 4 is 11.6 Å². The lowest BCUT2D eigenvalue weighted by molar-refractivity contribution is -0.133. The summed E-state index contributed by atoms with van der Waals surface area (Å²) < 4.78 is 1.84. The lowest BCUT2D eigenvalue weighted by Gasteiger charge is -2.26. The first-order valence-corrected chi connectivity index (χ1v) is 8.22. The minimum absolute atomic E-state index is 0.0965. The topological polar surface area (TPSA) is 41.4 Å². The molecule has 0 saturated carbocycles. The van der Waals surface area contributed by atoms with Crippen LogP contribution in [0.4, 0.5) is 5.69 Å². The Bertz CT molecular complexity index is 647. The Kier molecular flexibility index (Phi) is 4.65. The van der Waals surface area contributed by atoms with Gasteiger partial charge in [0.1, 0.15) is 6.04 Å². The van der Waals surface area contributed by atoms with Crippen LogP contribution in [0.15, 0.2) is 43.0 Å². The number of imidazole rings is 1. The molecule has 1 atom stereocenters. The average molecular weight is 312 g/mol. The highest BCUT2D eigenvalue weighted by Crippen LogP contribution is 2.25. The maximum absolute atomic E-state index is 12.6. The van der Waals surface area contributed by atoms with Crippen molar-refractivity contribution in [3.05, 3.63) is 48.5 Å². The molecule has 23 heavy (non-hydrogen) atoms. The SMILES string of the molecule is CC(C(=O)N(C)Cc1ccccc1N1CCCC1)n1ccnc1. The van der Waals surface area contributed by atoms with E-state index in [1.807, 2.05) is 30.8 Å². The molecule has 1 aromatic carbocycles. The first-order valence-electron chi connectivity index (χ1n) is 8.22. The highest BCUT2D eigenvalue weighted by molar-refractivity contribution is 5.80. The van der Waals surface area contributed by atoms with Gasteiger partial charge in [-0.15, -0.1) is 0 Å². The number of nitrogens with zero attached hydrogens (tertiary/aromatic N) is 4. The van der Waals surface area contributed by atoms with Crippen LogP contribution in [0.5, 0.6) is 0 Å². The standard InChI is InChI=1S/C18H24N4O/c1-15(22-12-9-19-14-22)18(23)20(2)13-16-7-3-4-8-17(16)21-10-5-6-11-21/h3-4,7-9,12,14-15H,5-6,10-11,13H2,1-2H3. The third-order valence-electron chi connectivity index (χ3n) is 4.55. The first-order chi connectivity index (χ1) is 11.2. The molecule has 1 unspecified atom stereocenters. The third kappa shape index (κ3) is 3.38. The molecule has 0 N–H and O–H groups in total. The number of hydrogen-bond donors (Lipinski definition) is 0. The normalized spacial score (nSPS) is 15.7. The van der Waals surface area contributed by atoms with Crippen LogP contribution < -0.4 is 4.90 Å². The Hall–Kier alpha value is -2.30. The van der Waals surface area contributed by atoms with Gasteiger partial charge in [0, 0.05) is 44.8 Å². The van der Waals surface area contributed by atoms with Gasteiger partial charge in [-0.25, -0.2) is 4.98 Å². The number of amides is 1. The Morgan fingerprint density at radius 1 is 1.30 bits per heavy atom. The Balaban J connectivity index is 1.72. The highest BCUT2D eigenvalue weighted by atomic mass is 16.2. The Morgan fingerprint density at radius 3 is 2.74 bits per heavy atom. The van der Waals surface area contributed by atoms with Gasteiger partial charge < -0.3 is 14.4 Å². The molecule has 2 heterocycles. The van der Waals surface area contributed by atoms with Crippen LogP contribution in [-0.2, 0) is 11.3 Å². The zero-order valence-electron chi connectivity index (χ0n) is 13.9. The Labute approximate surface area is 137 Å². The third-order valence-corrected chi connectivity index (χ3v) is 4.55. The molecule has 2 aromatic rings. The summed E-state index contributed by atoms with van der Waals surface area (Å²) in [4.78, 5) is 20.9. The van der Waals surface area contributed by atoms with E-state index >= 15 is 0 Å². The van der Waals surface area contributed by atoms with E-state index < -0.39 is 0 Å². The van der Waals surface area contributed by atoms with E-state index in [0.717, 1.165) is 13.1 Å². The van der Waals surface area contributed by atoms with Crippen molar-refractivity contribution in [2.45, 2.75) is 32.4 Å². The zero-order valence-corrected chi connectivity index (χ0v) is 13.9. The van der Waals surface area contributed by atoms with Crippen LogP contribution in [0.3, 0.4) is 0 Å². The van der Waals surface area contributed by atoms with Gasteiger partial charge in [-0.05, 0) is 31.4 Å². The van der Waals surface area contributed by atoms with Crippen molar-refractivity contribution in [1.29, 1.82) is 0 Å². The molecule has 5 nitrogen and oxygen atoms in total. The fourth-order valence-electron chi connectivity index (χ4n) is 3.19. The number of likely N-dealkylation sites (N-methyl/N-ethyl adjacent to an activating group) is 1. The van der Waals surface area contributed by atoms with Crippen LogP contribution >= 0.6 is 0 Å². The summed E-state index contributed by atoms with van der Waals surface area (Å²) in [5, 5.41) is 0. The maximum atomic E-state index is 12.6. The number of anilines is 1. The fourth-order valence-corrected chi connectivity index (χ4v) is 3.19. The molecule has 0 radical (unpaired) electrons. The molecule has 1 amide bonds. The zero-order chi connectivity index (χ0) is 16.2. The van der Waals surface area contributed by atoms with Gasteiger partial charge in [0.2, 0.25) is 5.91 Å². The predicted molar refractivity (Wildman–Crippen MR) is 91.3 cm³/mol. The van der Waals surface area contributed by atoms with Crippen molar-refractivity contribution in [3.8, 4) is 0 Å². The predicted octanol–water partition coefficient (Wildman–Crippen LogP) is 2.70. The van der Waals surface area contributed by atoms with E-state index in [1.54, 1.807) is 17.4 Å². The van der Waals surface area contributed by atoms with Crippen LogP contribution in [0.25, 0.3) is 0 Å². The number of para-hydroxylation sites is 1. The maximum Gasteiger partial charge on any atom is 0.245 e. The second-order valence-corrected chi connectivity index (χ2v) is 6.20. The fraction of sp³-hybridized carbons (Fsp3) is 0.444. The van der Waals surface area contributed by atoms with Crippen molar-refractivity contribution in [1.82, 2.24) is 14.5 Å². The molecule has 1 aliphatic rings. The molecule has 1 saturated heterocycles. The van der Waals surface area contributed by atoms with E-state index in [9.17, 15) is 4.79 Å². The van der Waals surface area contributed by atoms with Gasteiger partial charge in [-0.3, -0.25) is 4.79 Å². The van der Waals surface area contributed by atoms with Gasteiger partial charge in [-0.1, -0.05) is 18.2 Å². The minimum Gasteiger partial charge on any atom is -0.371 e. The van der Waals surface area contributed by atoms with Crippen molar-refractivity contribution in [3.63, 3.8) is 0 Å². The van der Waals surface area contributed by atoms with Crippen LogP contribution in [-0.4, -0.2) is 40.5 Å². The highest BCUT2D eigenvalue weighted by Gasteiger charge is 2.21. The second kappa shape index (κ2) is 6.86. The summed E-state index contributed by atoms with van der Waals surface area (Å²) in [6.45, 7) is 4.76. The molecule has 122 valence electrons. The molecule has 3 rings (SSSR count). The average Bonchev–Trinajstić information content (AvgIpc) is 3.27. The number of carbonyl (C=O) groups excluding carboxylic acids is 1. The van der Waals surface area contributed by atoms with Gasteiger partial charge in [0.15, 0.2) is 0 Å². The van der Waals surface area contributed by atoms with Crippen LogP contribution in [0.2, 0.25) is 0 Å². The summed E-state index contributed by atoms with van der Waals surface area (Å²) in [6, 6.07) is 8.18. The molecular formula is C18H24N4O. The molecule has 1 fully saturated rings. The second-order valence-electron chi connectivity index (χ2n) is 6.20. The number of rotatable bonds is 5. The lowest BCUT2D eigenvalue weighted by Crippen LogP contribution is -2.33. The first kappa shape index (κ1) is 15.6. The molecule has 1 aromatic heterocycles. The number of hydrogen-bond acceptors (Lipinski definition) is 3. The van der Waals surface area contributed by atoms with Gasteiger partial charge in [0.25, 0.3) is 0 Å². The number of carbonyl (C=O) groups is 1. The summed E-state index contributed by atoms with van der Waals surface area (Å²) in [7, 11) is 1.87. The van der Waals surface area contributed by atoms with E-state index in [0.29, 0.717) is 6.54 Å². The van der Waals surface area contributed by atoms with Crippen LogP contribution in [0, 0.1) is 0 Å². The summed E-state index contributed by atoms with van der Waals surface area (Å²) in [5.74, 6) is 0.0965. The van der Waals surface area contributed by atoms with Crippen molar-refractivity contribution in [2.75, 3.05) is 25.0 Å². The van der Waals surface area contributed by atoms with Crippen molar-refractivity contribution < 1.29 is 4.79 Å². The molecule has 0 bridgehead atoms. The van der Waals surface area contributed by atoms with E-state index in [4.69, 9.17) is 0 Å².